The third-order valence-corrected chi connectivity index (χ3v) is 5.03. The van der Waals surface area contributed by atoms with Crippen molar-refractivity contribution >= 4 is 11.8 Å². The number of methoxy groups -OCH3 is 1. The second-order valence-electron chi connectivity index (χ2n) is 6.79. The van der Waals surface area contributed by atoms with Gasteiger partial charge in [-0.05, 0) is 18.9 Å². The number of hydrogen-bond acceptors (Lipinski definition) is 4. The Morgan fingerprint density at radius 2 is 2.08 bits per heavy atom. The molecule has 2 aliphatic rings. The van der Waals surface area contributed by atoms with Crippen molar-refractivity contribution in [1.82, 2.24) is 10.2 Å². The molecule has 2 fully saturated rings. The Morgan fingerprint density at radius 1 is 1.32 bits per heavy atom. The number of carbonyl (C=O) groups excluding carboxylic acids is 2. The van der Waals surface area contributed by atoms with E-state index in [9.17, 15) is 9.59 Å². The highest BCUT2D eigenvalue weighted by Gasteiger charge is 2.50. The number of nitrogens with one attached hydrogen (secondary N) is 1. The van der Waals surface area contributed by atoms with Crippen LogP contribution in [0.1, 0.15) is 17.5 Å². The molecular weight excluding hydrogens is 320 g/mol. The highest BCUT2D eigenvalue weighted by Crippen LogP contribution is 2.34. The molecule has 1 aromatic rings. The van der Waals surface area contributed by atoms with Crippen LogP contribution in [0.4, 0.5) is 0 Å². The van der Waals surface area contributed by atoms with Crippen LogP contribution in [0, 0.1) is 12.8 Å². The quantitative estimate of drug-likeness (QED) is 0.778. The molecule has 3 atom stereocenters. The van der Waals surface area contributed by atoms with Crippen LogP contribution in [0.3, 0.4) is 0 Å². The van der Waals surface area contributed by atoms with Crippen molar-refractivity contribution < 1.29 is 19.1 Å². The standard InChI is InChI=1S/C19H26N2O4/c1-13-3-5-14(6-4-13)11-17(22)21-12-15(18-16(21)7-9-25-18)19(23)20-8-10-24-2/h3-6,15-16,18H,7-12H2,1-2H3,(H,20,23)/t15-,16+,18+/m0/s1. The summed E-state index contributed by atoms with van der Waals surface area (Å²) in [7, 11) is 1.60. The summed E-state index contributed by atoms with van der Waals surface area (Å²) in [5.41, 5.74) is 2.17. The highest BCUT2D eigenvalue weighted by atomic mass is 16.5. The molecule has 0 saturated carbocycles. The number of carbonyl (C=O) groups is 2. The molecule has 2 heterocycles. The number of aryl methyl sites for hydroxylation is 1. The predicted molar refractivity (Wildman–Crippen MR) is 93.1 cm³/mol. The Labute approximate surface area is 148 Å². The van der Waals surface area contributed by atoms with Crippen LogP contribution < -0.4 is 5.32 Å². The minimum atomic E-state index is -0.300. The van der Waals surface area contributed by atoms with E-state index >= 15 is 0 Å². The maximum absolute atomic E-state index is 12.8. The van der Waals surface area contributed by atoms with Gasteiger partial charge < -0.3 is 19.7 Å². The lowest BCUT2D eigenvalue weighted by Gasteiger charge is -2.22. The summed E-state index contributed by atoms with van der Waals surface area (Å²) in [5, 5.41) is 2.87. The highest BCUT2D eigenvalue weighted by molar-refractivity contribution is 5.84. The monoisotopic (exact) mass is 346 g/mol. The van der Waals surface area contributed by atoms with Crippen molar-refractivity contribution in [2.45, 2.75) is 31.9 Å². The normalized spacial score (nSPS) is 25.0. The molecule has 0 spiro atoms. The summed E-state index contributed by atoms with van der Waals surface area (Å²) < 4.78 is 10.7. The number of fused-ring (bicyclic) bond motifs is 1. The van der Waals surface area contributed by atoms with E-state index in [1.807, 2.05) is 36.1 Å². The molecule has 25 heavy (non-hydrogen) atoms. The second-order valence-corrected chi connectivity index (χ2v) is 6.79. The molecule has 0 aromatic heterocycles. The van der Waals surface area contributed by atoms with E-state index in [2.05, 4.69) is 5.32 Å². The fraction of sp³-hybridized carbons (Fsp3) is 0.579. The zero-order valence-corrected chi connectivity index (χ0v) is 14.9. The Kier molecular flexibility index (Phi) is 5.71. The molecule has 136 valence electrons. The molecule has 0 aliphatic carbocycles. The summed E-state index contributed by atoms with van der Waals surface area (Å²) in [6.45, 7) is 4.01. The largest absolute Gasteiger partial charge is 0.383 e. The molecule has 6 heteroatoms. The zero-order chi connectivity index (χ0) is 17.8. The van der Waals surface area contributed by atoms with Crippen LogP contribution in [0.5, 0.6) is 0 Å². The van der Waals surface area contributed by atoms with E-state index in [4.69, 9.17) is 9.47 Å². The summed E-state index contributed by atoms with van der Waals surface area (Å²) in [6.07, 6.45) is 0.970. The number of rotatable bonds is 6. The van der Waals surface area contributed by atoms with Crippen molar-refractivity contribution in [3.63, 3.8) is 0 Å². The number of hydrogen-bond donors (Lipinski definition) is 1. The van der Waals surface area contributed by atoms with Gasteiger partial charge in [0.15, 0.2) is 0 Å². The van der Waals surface area contributed by atoms with E-state index < -0.39 is 0 Å². The first-order valence-electron chi connectivity index (χ1n) is 8.83. The minimum Gasteiger partial charge on any atom is -0.383 e. The smallest absolute Gasteiger partial charge is 0.227 e. The van der Waals surface area contributed by atoms with Gasteiger partial charge in [-0.15, -0.1) is 0 Å². The Morgan fingerprint density at radius 3 is 2.80 bits per heavy atom. The van der Waals surface area contributed by atoms with E-state index in [0.29, 0.717) is 32.7 Å². The molecule has 3 rings (SSSR count). The number of benzene rings is 1. The van der Waals surface area contributed by atoms with E-state index in [1.54, 1.807) is 7.11 Å². The van der Waals surface area contributed by atoms with Crippen LogP contribution in [0.2, 0.25) is 0 Å². The van der Waals surface area contributed by atoms with Gasteiger partial charge in [0.25, 0.3) is 0 Å². The molecule has 0 bridgehead atoms. The van der Waals surface area contributed by atoms with Crippen molar-refractivity contribution in [3.05, 3.63) is 35.4 Å². The number of amides is 2. The lowest BCUT2D eigenvalue weighted by atomic mass is 10.0. The first-order chi connectivity index (χ1) is 12.1. The fourth-order valence-corrected chi connectivity index (χ4v) is 3.68. The Balaban J connectivity index is 1.64. The summed E-state index contributed by atoms with van der Waals surface area (Å²) in [4.78, 5) is 27.1. The first-order valence-corrected chi connectivity index (χ1v) is 8.83. The molecular formula is C19H26N2O4. The van der Waals surface area contributed by atoms with Gasteiger partial charge in [-0.3, -0.25) is 9.59 Å². The fourth-order valence-electron chi connectivity index (χ4n) is 3.68. The number of likely N-dealkylation sites (tertiary alicyclic amines) is 1. The summed E-state index contributed by atoms with van der Waals surface area (Å²) in [6, 6.07) is 8.01. The van der Waals surface area contributed by atoms with E-state index in [0.717, 1.165) is 12.0 Å². The van der Waals surface area contributed by atoms with Gasteiger partial charge >= 0.3 is 0 Å². The first kappa shape index (κ1) is 17.9. The van der Waals surface area contributed by atoms with Gasteiger partial charge in [-0.2, -0.15) is 0 Å². The lowest BCUT2D eigenvalue weighted by Crippen LogP contribution is -2.39. The topological polar surface area (TPSA) is 67.9 Å². The summed E-state index contributed by atoms with van der Waals surface area (Å²) in [5.74, 6) is -0.289. The van der Waals surface area contributed by atoms with E-state index in [-0.39, 0.29) is 29.9 Å². The van der Waals surface area contributed by atoms with Gasteiger partial charge in [-0.25, -0.2) is 0 Å². The molecule has 1 N–H and O–H groups in total. The van der Waals surface area contributed by atoms with Gasteiger partial charge in [-0.1, -0.05) is 29.8 Å². The van der Waals surface area contributed by atoms with Crippen LogP contribution in [-0.2, 0) is 25.5 Å². The van der Waals surface area contributed by atoms with Gasteiger partial charge in [0.1, 0.15) is 0 Å². The number of nitrogens with zero attached hydrogens (tertiary/aromatic N) is 1. The Bertz CT molecular complexity index is 616. The predicted octanol–water partition coefficient (Wildman–Crippen LogP) is 0.916. The summed E-state index contributed by atoms with van der Waals surface area (Å²) >= 11 is 0. The van der Waals surface area contributed by atoms with Crippen molar-refractivity contribution in [1.29, 1.82) is 0 Å². The van der Waals surface area contributed by atoms with Crippen LogP contribution in [0.15, 0.2) is 24.3 Å². The molecule has 2 aliphatic heterocycles. The van der Waals surface area contributed by atoms with Gasteiger partial charge in [0, 0.05) is 26.8 Å². The molecule has 2 amide bonds. The van der Waals surface area contributed by atoms with Crippen molar-refractivity contribution in [2.24, 2.45) is 5.92 Å². The van der Waals surface area contributed by atoms with Gasteiger partial charge in [0.2, 0.25) is 11.8 Å². The average Bonchev–Trinajstić information content (AvgIpc) is 3.19. The number of ether oxygens (including phenoxy) is 2. The SMILES string of the molecule is COCCNC(=O)[C@H]1CN(C(=O)Cc2ccc(C)cc2)[C@@H]2CCO[C@H]12. The maximum atomic E-state index is 12.8. The molecule has 1 aromatic carbocycles. The zero-order valence-electron chi connectivity index (χ0n) is 14.9. The maximum Gasteiger partial charge on any atom is 0.227 e. The molecule has 0 unspecified atom stereocenters. The van der Waals surface area contributed by atoms with Crippen LogP contribution in [0.25, 0.3) is 0 Å². The molecule has 6 nitrogen and oxygen atoms in total. The minimum absolute atomic E-state index is 0.0103. The van der Waals surface area contributed by atoms with E-state index in [1.165, 1.54) is 5.56 Å². The van der Waals surface area contributed by atoms with Crippen LogP contribution >= 0.6 is 0 Å². The van der Waals surface area contributed by atoms with Gasteiger partial charge in [0.05, 0.1) is 31.1 Å². The van der Waals surface area contributed by atoms with Crippen LogP contribution in [-0.4, -0.2) is 62.3 Å². The molecule has 2 saturated heterocycles. The lowest BCUT2D eigenvalue weighted by molar-refractivity contribution is -0.131. The van der Waals surface area contributed by atoms with Crippen molar-refractivity contribution in [3.8, 4) is 0 Å². The third kappa shape index (κ3) is 4.02. The second kappa shape index (κ2) is 7.97. The average molecular weight is 346 g/mol. The van der Waals surface area contributed by atoms with Crippen molar-refractivity contribution in [2.75, 3.05) is 33.4 Å². The molecule has 0 radical (unpaired) electrons. The third-order valence-electron chi connectivity index (χ3n) is 5.03. The Hall–Kier alpha value is -1.92.